The van der Waals surface area contributed by atoms with E-state index in [4.69, 9.17) is 9.47 Å². The number of rotatable bonds is 17. The first-order valence-electron chi connectivity index (χ1n) is 14.8. The summed E-state index contributed by atoms with van der Waals surface area (Å²) >= 11 is 0. The van der Waals surface area contributed by atoms with Gasteiger partial charge in [0.1, 0.15) is 0 Å². The molecule has 3 rings (SSSR count). The number of hydrogen-bond acceptors (Lipinski definition) is 2. The number of hydrogen-bond donors (Lipinski definition) is 0. The number of ether oxygens (including phenoxy) is 2. The molecule has 0 spiro atoms. The highest BCUT2D eigenvalue weighted by atomic mass is 16.5. The Bertz CT molecular complexity index is 1090. The van der Waals surface area contributed by atoms with Crippen molar-refractivity contribution in [2.24, 2.45) is 11.8 Å². The van der Waals surface area contributed by atoms with Crippen LogP contribution in [0.3, 0.4) is 0 Å². The molecule has 0 bridgehead atoms. The smallest absolute Gasteiger partial charge is 0.161 e. The molecular weight excluding hydrogens is 464 g/mol. The van der Waals surface area contributed by atoms with Gasteiger partial charge in [-0.2, -0.15) is 0 Å². The summed E-state index contributed by atoms with van der Waals surface area (Å²) in [6.07, 6.45) is 9.56. The predicted molar refractivity (Wildman–Crippen MR) is 164 cm³/mol. The first-order valence-corrected chi connectivity index (χ1v) is 14.8. The Labute approximate surface area is 232 Å². The normalized spacial score (nSPS) is 12.6. The van der Waals surface area contributed by atoms with E-state index in [0.29, 0.717) is 25.0 Å². The van der Waals surface area contributed by atoms with Crippen LogP contribution in [0.4, 0.5) is 0 Å². The lowest BCUT2D eigenvalue weighted by molar-refractivity contribution is 0.199. The molecule has 0 fully saturated rings. The van der Waals surface area contributed by atoms with Crippen LogP contribution < -0.4 is 9.47 Å². The summed E-state index contributed by atoms with van der Waals surface area (Å²) in [5.41, 5.74) is 5.48. The van der Waals surface area contributed by atoms with Crippen molar-refractivity contribution in [3.8, 4) is 22.6 Å². The van der Waals surface area contributed by atoms with E-state index in [2.05, 4.69) is 101 Å². The summed E-state index contributed by atoms with van der Waals surface area (Å²) in [5, 5.41) is 0. The van der Waals surface area contributed by atoms with Gasteiger partial charge in [0, 0.05) is 0 Å². The molecule has 0 saturated carbocycles. The Kier molecular flexibility index (Phi) is 12.5. The van der Waals surface area contributed by atoms with Gasteiger partial charge in [0.2, 0.25) is 0 Å². The predicted octanol–water partition coefficient (Wildman–Crippen LogP) is 10.6. The molecule has 0 heterocycles. The van der Waals surface area contributed by atoms with Gasteiger partial charge >= 0.3 is 0 Å². The molecule has 0 radical (unpaired) electrons. The molecule has 2 nitrogen and oxygen atoms in total. The molecule has 0 aromatic heterocycles. The quantitative estimate of drug-likeness (QED) is 0.179. The maximum atomic E-state index is 6.59. The van der Waals surface area contributed by atoms with Crippen LogP contribution in [-0.4, -0.2) is 13.2 Å². The molecular formula is C36H48O2. The molecule has 0 aliphatic rings. The van der Waals surface area contributed by atoms with Crippen molar-refractivity contribution in [2.45, 2.75) is 79.1 Å². The lowest BCUT2D eigenvalue weighted by Gasteiger charge is -2.23. The molecule has 2 unspecified atom stereocenters. The van der Waals surface area contributed by atoms with Gasteiger partial charge in [-0.05, 0) is 64.6 Å². The standard InChI is InChI=1S/C36H48O2/c1-6-10-18-29(8-3)26-37-35-24-33(28(5)31-20-14-12-15-21-31)34(32-22-16-13-17-23-32)25-36(35)38-27-30(9-4)19-11-7-2/h12-17,20-25,29-30H,5-11,18-19,26-27H2,1-4H3. The van der Waals surface area contributed by atoms with Crippen LogP contribution in [0.1, 0.15) is 90.2 Å². The molecule has 3 aromatic carbocycles. The number of benzene rings is 3. The Morgan fingerprint density at radius 2 is 1.18 bits per heavy atom. The molecule has 0 amide bonds. The van der Waals surface area contributed by atoms with E-state index in [-0.39, 0.29) is 0 Å². The molecule has 204 valence electrons. The second kappa shape index (κ2) is 16.1. The van der Waals surface area contributed by atoms with Crippen LogP contribution in [0.5, 0.6) is 11.5 Å². The minimum absolute atomic E-state index is 0.547. The van der Waals surface area contributed by atoms with Gasteiger partial charge in [0.15, 0.2) is 11.5 Å². The number of unbranched alkanes of at least 4 members (excludes halogenated alkanes) is 2. The fourth-order valence-corrected chi connectivity index (χ4v) is 4.90. The first kappa shape index (κ1) is 29.6. The van der Waals surface area contributed by atoms with E-state index in [1.165, 1.54) is 38.5 Å². The van der Waals surface area contributed by atoms with Gasteiger partial charge in [-0.25, -0.2) is 0 Å². The zero-order chi connectivity index (χ0) is 27.2. The summed E-state index contributed by atoms with van der Waals surface area (Å²) in [4.78, 5) is 0. The molecule has 0 aliphatic heterocycles. The van der Waals surface area contributed by atoms with Gasteiger partial charge in [-0.1, -0.05) is 133 Å². The monoisotopic (exact) mass is 512 g/mol. The Hall–Kier alpha value is -3.00. The second-order valence-electron chi connectivity index (χ2n) is 10.5. The van der Waals surface area contributed by atoms with Crippen LogP contribution >= 0.6 is 0 Å². The van der Waals surface area contributed by atoms with Crippen LogP contribution in [0.2, 0.25) is 0 Å². The van der Waals surface area contributed by atoms with Gasteiger partial charge in [-0.3, -0.25) is 0 Å². The van der Waals surface area contributed by atoms with Crippen molar-refractivity contribution in [3.05, 3.63) is 90.5 Å². The van der Waals surface area contributed by atoms with E-state index in [0.717, 1.165) is 52.2 Å². The summed E-state index contributed by atoms with van der Waals surface area (Å²) in [5.74, 6) is 2.77. The van der Waals surface area contributed by atoms with Crippen molar-refractivity contribution >= 4 is 5.57 Å². The summed E-state index contributed by atoms with van der Waals surface area (Å²) in [7, 11) is 0. The van der Waals surface area contributed by atoms with Gasteiger partial charge in [0.25, 0.3) is 0 Å². The molecule has 38 heavy (non-hydrogen) atoms. The van der Waals surface area contributed by atoms with Crippen molar-refractivity contribution in [1.29, 1.82) is 0 Å². The second-order valence-corrected chi connectivity index (χ2v) is 10.5. The van der Waals surface area contributed by atoms with E-state index in [1.807, 2.05) is 6.07 Å². The zero-order valence-electron chi connectivity index (χ0n) is 24.2. The molecule has 2 heteroatoms. The molecule has 0 N–H and O–H groups in total. The average molecular weight is 513 g/mol. The Morgan fingerprint density at radius 3 is 1.68 bits per heavy atom. The van der Waals surface area contributed by atoms with Crippen molar-refractivity contribution < 1.29 is 9.47 Å². The van der Waals surface area contributed by atoms with E-state index >= 15 is 0 Å². The van der Waals surface area contributed by atoms with Crippen LogP contribution in [0.25, 0.3) is 16.7 Å². The fraction of sp³-hybridized carbons (Fsp3) is 0.444. The minimum atomic E-state index is 0.547. The van der Waals surface area contributed by atoms with Gasteiger partial charge in [-0.15, -0.1) is 0 Å². The Morgan fingerprint density at radius 1 is 0.684 bits per heavy atom. The third-order valence-corrected chi connectivity index (χ3v) is 7.65. The maximum Gasteiger partial charge on any atom is 0.161 e. The largest absolute Gasteiger partial charge is 0.489 e. The molecule has 0 aliphatic carbocycles. The fourth-order valence-electron chi connectivity index (χ4n) is 4.90. The lowest BCUT2D eigenvalue weighted by atomic mass is 9.91. The molecule has 0 saturated heterocycles. The third-order valence-electron chi connectivity index (χ3n) is 7.65. The summed E-state index contributed by atoms with van der Waals surface area (Å²) < 4.78 is 13.2. The summed E-state index contributed by atoms with van der Waals surface area (Å²) in [6, 6.07) is 25.4. The molecule has 3 aromatic rings. The maximum absolute atomic E-state index is 6.59. The van der Waals surface area contributed by atoms with Gasteiger partial charge in [0.05, 0.1) is 13.2 Å². The SMILES string of the molecule is C=C(c1ccccc1)c1cc(OCC(CC)CCCC)c(OCC(CC)CCCC)cc1-c1ccccc1. The lowest BCUT2D eigenvalue weighted by Crippen LogP contribution is -2.14. The topological polar surface area (TPSA) is 18.5 Å². The minimum Gasteiger partial charge on any atom is -0.489 e. The average Bonchev–Trinajstić information content (AvgIpc) is 2.98. The summed E-state index contributed by atoms with van der Waals surface area (Å²) in [6.45, 7) is 15.0. The van der Waals surface area contributed by atoms with Crippen LogP contribution in [0.15, 0.2) is 79.4 Å². The van der Waals surface area contributed by atoms with E-state index < -0.39 is 0 Å². The van der Waals surface area contributed by atoms with Crippen molar-refractivity contribution in [1.82, 2.24) is 0 Å². The van der Waals surface area contributed by atoms with E-state index in [9.17, 15) is 0 Å². The van der Waals surface area contributed by atoms with Crippen molar-refractivity contribution in [2.75, 3.05) is 13.2 Å². The zero-order valence-corrected chi connectivity index (χ0v) is 24.2. The highest BCUT2D eigenvalue weighted by molar-refractivity contribution is 5.89. The van der Waals surface area contributed by atoms with Crippen LogP contribution in [-0.2, 0) is 0 Å². The van der Waals surface area contributed by atoms with Crippen molar-refractivity contribution in [3.63, 3.8) is 0 Å². The van der Waals surface area contributed by atoms with Gasteiger partial charge < -0.3 is 9.47 Å². The Balaban J connectivity index is 2.03. The highest BCUT2D eigenvalue weighted by Crippen LogP contribution is 2.41. The highest BCUT2D eigenvalue weighted by Gasteiger charge is 2.19. The first-order chi connectivity index (χ1) is 18.6. The third kappa shape index (κ3) is 8.51. The van der Waals surface area contributed by atoms with E-state index in [1.54, 1.807) is 0 Å². The molecule has 2 atom stereocenters. The van der Waals surface area contributed by atoms with Crippen LogP contribution in [0, 0.1) is 11.8 Å².